The second kappa shape index (κ2) is 10.5. The number of amides is 1. The van der Waals surface area contributed by atoms with Crippen LogP contribution < -0.4 is 10.6 Å². The number of anilines is 1. The summed E-state index contributed by atoms with van der Waals surface area (Å²) in [5.74, 6) is 3.57. The third-order valence-corrected chi connectivity index (χ3v) is 8.78. The minimum atomic E-state index is -1.33. The standard InChI is InChI=1S/C31H30F2N6O3/c1-16-25(26(40)27(41)31(16,2)30(42)34-3)39-15-35-24-28(36-22-14-19(22)18-7-5-4-6-8-18)37-23(38-29(24)39)12-10-17-9-11-20(32)21(33)13-17/h4-9,11,13,15-16,19,22,25-27,40-41H,14H2,1-3H3,(H,34,42)(H,36,37,38)/t16-,19+,22?,25-,26+,27+,31?/m1/s1. The maximum atomic E-state index is 13.8. The topological polar surface area (TPSA) is 125 Å². The van der Waals surface area contributed by atoms with Gasteiger partial charge in [0.25, 0.3) is 0 Å². The molecule has 42 heavy (non-hydrogen) atoms. The Hall–Kier alpha value is -4.40. The van der Waals surface area contributed by atoms with Crippen molar-refractivity contribution in [1.29, 1.82) is 0 Å². The first kappa shape index (κ1) is 27.8. The van der Waals surface area contributed by atoms with E-state index in [-0.39, 0.29) is 29.3 Å². The van der Waals surface area contributed by atoms with E-state index in [0.29, 0.717) is 17.0 Å². The number of aliphatic hydroxyl groups excluding tert-OH is 2. The molecular weight excluding hydrogens is 542 g/mol. The number of aromatic nitrogens is 4. The highest BCUT2D eigenvalue weighted by atomic mass is 19.2. The van der Waals surface area contributed by atoms with E-state index in [1.807, 2.05) is 18.2 Å². The molecule has 0 radical (unpaired) electrons. The van der Waals surface area contributed by atoms with Gasteiger partial charge in [0.1, 0.15) is 6.10 Å². The summed E-state index contributed by atoms with van der Waals surface area (Å²) in [6, 6.07) is 12.8. The molecule has 4 aromatic rings. The Kier molecular flexibility index (Phi) is 6.91. The largest absolute Gasteiger partial charge is 0.389 e. The van der Waals surface area contributed by atoms with Crippen LogP contribution in [0.4, 0.5) is 14.6 Å². The Morgan fingerprint density at radius 1 is 1.10 bits per heavy atom. The lowest BCUT2D eigenvalue weighted by atomic mass is 9.77. The number of benzene rings is 2. The van der Waals surface area contributed by atoms with Gasteiger partial charge in [-0.2, -0.15) is 0 Å². The molecule has 2 fully saturated rings. The number of halogens is 2. The lowest BCUT2D eigenvalue weighted by Gasteiger charge is -2.31. The van der Waals surface area contributed by atoms with Gasteiger partial charge in [0.05, 0.1) is 23.9 Å². The van der Waals surface area contributed by atoms with Crippen molar-refractivity contribution < 1.29 is 23.8 Å². The number of fused-ring (bicyclic) bond motifs is 1. The molecule has 2 aromatic heterocycles. The van der Waals surface area contributed by atoms with E-state index in [4.69, 9.17) is 0 Å². The third-order valence-electron chi connectivity index (χ3n) is 8.78. The Balaban J connectivity index is 1.42. The Morgan fingerprint density at radius 2 is 1.86 bits per heavy atom. The second-order valence-electron chi connectivity index (χ2n) is 11.2. The van der Waals surface area contributed by atoms with Crippen molar-refractivity contribution in [3.8, 4) is 11.8 Å². The number of rotatable bonds is 5. The molecule has 7 atom stereocenters. The molecule has 11 heteroatoms. The maximum Gasteiger partial charge on any atom is 0.228 e. The van der Waals surface area contributed by atoms with Crippen molar-refractivity contribution in [2.24, 2.45) is 11.3 Å². The van der Waals surface area contributed by atoms with E-state index >= 15 is 0 Å². The summed E-state index contributed by atoms with van der Waals surface area (Å²) in [5.41, 5.74) is 0.971. The Morgan fingerprint density at radius 3 is 2.57 bits per heavy atom. The molecule has 2 saturated carbocycles. The quantitative estimate of drug-likeness (QED) is 0.271. The lowest BCUT2D eigenvalue weighted by Crippen LogP contribution is -2.47. The highest BCUT2D eigenvalue weighted by molar-refractivity contribution is 5.85. The zero-order valence-electron chi connectivity index (χ0n) is 23.2. The van der Waals surface area contributed by atoms with Crippen LogP contribution in [0.15, 0.2) is 54.9 Å². The summed E-state index contributed by atoms with van der Waals surface area (Å²) in [6.45, 7) is 3.42. The van der Waals surface area contributed by atoms with Crippen LogP contribution in [0.3, 0.4) is 0 Å². The fourth-order valence-corrected chi connectivity index (χ4v) is 6.07. The van der Waals surface area contributed by atoms with Gasteiger partial charge in [0.2, 0.25) is 11.7 Å². The number of carbonyl (C=O) groups excluding carboxylic acids is 1. The summed E-state index contributed by atoms with van der Waals surface area (Å²) in [5, 5.41) is 28.2. The first-order valence-corrected chi connectivity index (χ1v) is 13.7. The molecule has 0 aliphatic heterocycles. The third kappa shape index (κ3) is 4.57. The minimum Gasteiger partial charge on any atom is -0.389 e. The van der Waals surface area contributed by atoms with Crippen LogP contribution in [0.1, 0.15) is 49.2 Å². The molecule has 2 aliphatic carbocycles. The number of hydrogen-bond acceptors (Lipinski definition) is 7. The molecule has 0 spiro atoms. The van der Waals surface area contributed by atoms with Crippen molar-refractivity contribution >= 4 is 22.9 Å². The molecule has 2 aromatic carbocycles. The van der Waals surface area contributed by atoms with E-state index in [1.54, 1.807) is 18.4 Å². The fraction of sp³-hybridized carbons (Fsp3) is 0.355. The van der Waals surface area contributed by atoms with Crippen molar-refractivity contribution in [3.63, 3.8) is 0 Å². The van der Waals surface area contributed by atoms with E-state index in [1.165, 1.54) is 25.0 Å². The van der Waals surface area contributed by atoms with Crippen LogP contribution in [0.2, 0.25) is 0 Å². The first-order valence-electron chi connectivity index (χ1n) is 13.7. The van der Waals surface area contributed by atoms with Crippen LogP contribution in [-0.4, -0.2) is 60.9 Å². The van der Waals surface area contributed by atoms with Gasteiger partial charge in [0.15, 0.2) is 28.6 Å². The Labute approximate surface area is 241 Å². The van der Waals surface area contributed by atoms with Crippen molar-refractivity contribution in [2.75, 3.05) is 12.4 Å². The van der Waals surface area contributed by atoms with Crippen LogP contribution in [0.25, 0.3) is 11.2 Å². The zero-order valence-corrected chi connectivity index (χ0v) is 23.2. The predicted molar refractivity (Wildman–Crippen MR) is 151 cm³/mol. The van der Waals surface area contributed by atoms with E-state index < -0.39 is 41.2 Å². The molecule has 2 unspecified atom stereocenters. The van der Waals surface area contributed by atoms with Crippen LogP contribution in [0.5, 0.6) is 0 Å². The number of hydrogen-bond donors (Lipinski definition) is 4. The zero-order chi connectivity index (χ0) is 29.8. The fourth-order valence-electron chi connectivity index (χ4n) is 6.07. The van der Waals surface area contributed by atoms with E-state index in [9.17, 15) is 23.8 Å². The van der Waals surface area contributed by atoms with Gasteiger partial charge in [0, 0.05) is 24.6 Å². The van der Waals surface area contributed by atoms with E-state index in [0.717, 1.165) is 18.6 Å². The molecule has 6 rings (SSSR count). The van der Waals surface area contributed by atoms with Gasteiger partial charge in [-0.3, -0.25) is 4.79 Å². The molecule has 216 valence electrons. The van der Waals surface area contributed by atoms with Crippen LogP contribution in [-0.2, 0) is 4.79 Å². The van der Waals surface area contributed by atoms with Crippen molar-refractivity contribution in [1.82, 2.24) is 24.8 Å². The number of aliphatic hydroxyl groups is 2. The average molecular weight is 573 g/mol. The highest BCUT2D eigenvalue weighted by Crippen LogP contribution is 2.50. The average Bonchev–Trinajstić information content (AvgIpc) is 3.60. The SMILES string of the molecule is CNC(=O)C1(C)[C@H](C)[C@@H](n2cnc3c(NC4C[C@H]4c4ccccc4)nc(C#Cc4ccc(F)c(F)c4)nc32)[C@H](O)[C@@H]1O. The van der Waals surface area contributed by atoms with Gasteiger partial charge in [-0.05, 0) is 48.9 Å². The van der Waals surface area contributed by atoms with E-state index in [2.05, 4.69) is 49.6 Å². The molecule has 0 bridgehead atoms. The number of imidazole rings is 1. The smallest absolute Gasteiger partial charge is 0.228 e. The molecule has 1 amide bonds. The minimum absolute atomic E-state index is 0.0945. The summed E-state index contributed by atoms with van der Waals surface area (Å²) >= 11 is 0. The van der Waals surface area contributed by atoms with Crippen LogP contribution >= 0.6 is 0 Å². The van der Waals surface area contributed by atoms with Crippen LogP contribution in [0, 0.1) is 34.8 Å². The summed E-state index contributed by atoms with van der Waals surface area (Å²) in [6.07, 6.45) is -0.208. The maximum absolute atomic E-state index is 13.8. The van der Waals surface area contributed by atoms with Gasteiger partial charge in [-0.15, -0.1) is 0 Å². The van der Waals surface area contributed by atoms with Gasteiger partial charge in [-0.25, -0.2) is 23.7 Å². The lowest BCUT2D eigenvalue weighted by molar-refractivity contribution is -0.139. The van der Waals surface area contributed by atoms with Crippen molar-refractivity contribution in [3.05, 3.63) is 83.4 Å². The van der Waals surface area contributed by atoms with Gasteiger partial charge in [-0.1, -0.05) is 43.2 Å². The van der Waals surface area contributed by atoms with Crippen molar-refractivity contribution in [2.45, 2.75) is 50.5 Å². The molecule has 2 heterocycles. The summed E-state index contributed by atoms with van der Waals surface area (Å²) in [7, 11) is 1.49. The monoisotopic (exact) mass is 572 g/mol. The number of carbonyl (C=O) groups is 1. The molecule has 2 aliphatic rings. The number of nitrogens with zero attached hydrogens (tertiary/aromatic N) is 4. The summed E-state index contributed by atoms with van der Waals surface area (Å²) < 4.78 is 28.8. The van der Waals surface area contributed by atoms with Gasteiger partial charge < -0.3 is 25.4 Å². The molecular formula is C31H30F2N6O3. The normalized spacial score (nSPS) is 28.3. The molecule has 9 nitrogen and oxygen atoms in total. The Bertz CT molecular complexity index is 1740. The molecule has 4 N–H and O–H groups in total. The number of nitrogens with one attached hydrogen (secondary N) is 2. The summed E-state index contributed by atoms with van der Waals surface area (Å²) in [4.78, 5) is 26.6. The first-order chi connectivity index (χ1) is 20.1. The highest BCUT2D eigenvalue weighted by Gasteiger charge is 2.60. The predicted octanol–water partition coefficient (Wildman–Crippen LogP) is 3.14. The van der Waals surface area contributed by atoms with Gasteiger partial charge >= 0.3 is 0 Å². The second-order valence-corrected chi connectivity index (χ2v) is 11.2. The molecule has 0 saturated heterocycles.